The first kappa shape index (κ1) is 14.6. The molecule has 21 heavy (non-hydrogen) atoms. The van der Waals surface area contributed by atoms with Gasteiger partial charge in [0, 0.05) is 19.5 Å². The molecule has 0 aliphatic heterocycles. The van der Waals surface area contributed by atoms with Gasteiger partial charge in [-0.05, 0) is 35.9 Å². The van der Waals surface area contributed by atoms with Crippen molar-refractivity contribution in [1.82, 2.24) is 10.2 Å². The number of nitrogens with two attached hydrogens (primary N) is 1. The van der Waals surface area contributed by atoms with Crippen molar-refractivity contribution in [2.24, 2.45) is 0 Å². The number of nitrogens with zero attached hydrogens (tertiary/aromatic N) is 1. The van der Waals surface area contributed by atoms with E-state index in [1.54, 1.807) is 0 Å². The fourth-order valence-corrected chi connectivity index (χ4v) is 3.30. The molecule has 0 bridgehead atoms. The normalized spacial score (nSPS) is 10.8. The van der Waals surface area contributed by atoms with Crippen molar-refractivity contribution >= 4 is 49.3 Å². The Morgan fingerprint density at radius 3 is 2.33 bits per heavy atom. The van der Waals surface area contributed by atoms with Crippen LogP contribution < -0.4 is 5.73 Å². The smallest absolute Gasteiger partial charge is 0.153 e. The van der Waals surface area contributed by atoms with Gasteiger partial charge in [-0.15, -0.1) is 0 Å². The average molecular weight is 428 g/mol. The van der Waals surface area contributed by atoms with Crippen molar-refractivity contribution in [3.8, 4) is 22.4 Å². The lowest BCUT2D eigenvalue weighted by Gasteiger charge is -2.06. The van der Waals surface area contributed by atoms with E-state index in [2.05, 4.69) is 42.1 Å². The molecule has 0 unspecified atom stereocenters. The van der Waals surface area contributed by atoms with Crippen molar-refractivity contribution in [1.29, 1.82) is 0 Å². The van der Waals surface area contributed by atoms with Gasteiger partial charge < -0.3 is 5.73 Å². The van der Waals surface area contributed by atoms with E-state index in [-0.39, 0.29) is 0 Å². The summed E-state index contributed by atoms with van der Waals surface area (Å²) >= 11 is 13.0. The quantitative estimate of drug-likeness (QED) is 0.567. The number of aromatic nitrogens is 2. The number of anilines is 1. The number of nitrogens with one attached hydrogen (secondary N) is 1. The molecule has 1 aromatic heterocycles. The highest BCUT2D eigenvalue weighted by Crippen LogP contribution is 2.37. The van der Waals surface area contributed by atoms with Gasteiger partial charge in [0.15, 0.2) is 5.82 Å². The van der Waals surface area contributed by atoms with E-state index in [0.29, 0.717) is 10.8 Å². The predicted molar refractivity (Wildman–Crippen MR) is 94.3 cm³/mol. The van der Waals surface area contributed by atoms with E-state index in [1.165, 1.54) is 0 Å². The molecule has 0 atom stereocenters. The first-order valence-corrected chi connectivity index (χ1v) is 8.07. The largest absolute Gasteiger partial charge is 0.382 e. The Kier molecular flexibility index (Phi) is 4.06. The van der Waals surface area contributed by atoms with E-state index in [1.807, 2.05) is 42.5 Å². The van der Waals surface area contributed by atoms with Gasteiger partial charge in [0.25, 0.3) is 0 Å². The summed E-state index contributed by atoms with van der Waals surface area (Å²) in [6.45, 7) is 0. The third kappa shape index (κ3) is 3.00. The Morgan fingerprint density at radius 1 is 0.952 bits per heavy atom. The molecular formula is C15H10Br2ClN3. The number of aromatic amines is 1. The summed E-state index contributed by atoms with van der Waals surface area (Å²) < 4.78 is 1.92. The third-order valence-electron chi connectivity index (χ3n) is 3.08. The topological polar surface area (TPSA) is 54.7 Å². The molecule has 0 spiro atoms. The fourth-order valence-electron chi connectivity index (χ4n) is 2.17. The monoisotopic (exact) mass is 425 g/mol. The lowest BCUT2D eigenvalue weighted by Crippen LogP contribution is -1.89. The first-order chi connectivity index (χ1) is 10.0. The van der Waals surface area contributed by atoms with Crippen LogP contribution in [0.3, 0.4) is 0 Å². The van der Waals surface area contributed by atoms with Crippen molar-refractivity contribution in [3.05, 3.63) is 56.4 Å². The molecule has 2 aromatic carbocycles. The highest BCUT2D eigenvalue weighted by molar-refractivity contribution is 9.10. The van der Waals surface area contributed by atoms with Crippen molar-refractivity contribution in [2.75, 3.05) is 5.73 Å². The van der Waals surface area contributed by atoms with Gasteiger partial charge in [0.1, 0.15) is 0 Å². The van der Waals surface area contributed by atoms with E-state index in [4.69, 9.17) is 17.3 Å². The molecular weight excluding hydrogens is 417 g/mol. The van der Waals surface area contributed by atoms with Crippen LogP contribution in [0.2, 0.25) is 5.02 Å². The Balaban J connectivity index is 2.19. The molecule has 1 heterocycles. The Morgan fingerprint density at radius 2 is 1.67 bits per heavy atom. The molecule has 0 aliphatic carbocycles. The average Bonchev–Trinajstić information content (AvgIpc) is 2.80. The van der Waals surface area contributed by atoms with Gasteiger partial charge in [-0.1, -0.05) is 55.6 Å². The van der Waals surface area contributed by atoms with Gasteiger partial charge in [0.05, 0.1) is 11.3 Å². The molecule has 106 valence electrons. The maximum atomic E-state index is 6.12. The number of halogens is 3. The molecule has 3 N–H and O–H groups in total. The number of rotatable bonds is 2. The summed E-state index contributed by atoms with van der Waals surface area (Å²) in [4.78, 5) is 0. The lowest BCUT2D eigenvalue weighted by molar-refractivity contribution is 1.10. The van der Waals surface area contributed by atoms with Gasteiger partial charge in [-0.25, -0.2) is 0 Å². The van der Waals surface area contributed by atoms with Crippen molar-refractivity contribution < 1.29 is 0 Å². The minimum atomic E-state index is 0.462. The summed E-state index contributed by atoms with van der Waals surface area (Å²) in [5, 5.41) is 7.77. The second-order valence-electron chi connectivity index (χ2n) is 4.52. The van der Waals surface area contributed by atoms with Crippen LogP contribution in [0.5, 0.6) is 0 Å². The number of H-pyrrole nitrogens is 1. The molecule has 6 heteroatoms. The number of nitrogen functional groups attached to an aromatic ring is 1. The molecule has 0 amide bonds. The second kappa shape index (κ2) is 5.83. The van der Waals surface area contributed by atoms with Crippen LogP contribution in [-0.4, -0.2) is 10.2 Å². The Labute approximate surface area is 143 Å². The number of hydrogen-bond donors (Lipinski definition) is 2. The van der Waals surface area contributed by atoms with E-state index in [9.17, 15) is 0 Å². The SMILES string of the molecule is Nc1n[nH]c(-c2cc(Cl)cc(Br)c2)c1-c1ccc(Br)cc1. The van der Waals surface area contributed by atoms with Crippen LogP contribution in [0.15, 0.2) is 51.4 Å². The third-order valence-corrected chi connectivity index (χ3v) is 4.28. The molecule has 0 radical (unpaired) electrons. The van der Waals surface area contributed by atoms with Crippen molar-refractivity contribution in [3.63, 3.8) is 0 Å². The molecule has 3 nitrogen and oxygen atoms in total. The highest BCUT2D eigenvalue weighted by atomic mass is 79.9. The van der Waals surface area contributed by atoms with Crippen LogP contribution in [0.4, 0.5) is 5.82 Å². The highest BCUT2D eigenvalue weighted by Gasteiger charge is 2.15. The molecule has 0 saturated carbocycles. The summed E-state index contributed by atoms with van der Waals surface area (Å²) in [6.07, 6.45) is 0. The maximum Gasteiger partial charge on any atom is 0.153 e. The Bertz CT molecular complexity index is 777. The number of hydrogen-bond acceptors (Lipinski definition) is 2. The number of benzene rings is 2. The van der Waals surface area contributed by atoms with Crippen LogP contribution in [0.25, 0.3) is 22.4 Å². The molecule has 0 aliphatic rings. The zero-order valence-corrected chi connectivity index (χ0v) is 14.6. The first-order valence-electron chi connectivity index (χ1n) is 6.11. The predicted octanol–water partition coefficient (Wildman–Crippen LogP) is 5.50. The van der Waals surface area contributed by atoms with E-state index >= 15 is 0 Å². The zero-order chi connectivity index (χ0) is 15.0. The van der Waals surface area contributed by atoms with Gasteiger partial charge in [0.2, 0.25) is 0 Å². The van der Waals surface area contributed by atoms with E-state index in [0.717, 1.165) is 31.3 Å². The summed E-state index contributed by atoms with van der Waals surface area (Å²) in [5.41, 5.74) is 9.67. The van der Waals surface area contributed by atoms with Gasteiger partial charge in [-0.2, -0.15) is 5.10 Å². The fraction of sp³-hybridized carbons (Fsp3) is 0. The summed E-state index contributed by atoms with van der Waals surface area (Å²) in [7, 11) is 0. The minimum absolute atomic E-state index is 0.462. The summed E-state index contributed by atoms with van der Waals surface area (Å²) in [5.74, 6) is 0.462. The van der Waals surface area contributed by atoms with Crippen LogP contribution in [-0.2, 0) is 0 Å². The van der Waals surface area contributed by atoms with Gasteiger partial charge in [-0.3, -0.25) is 5.10 Å². The minimum Gasteiger partial charge on any atom is -0.382 e. The second-order valence-corrected chi connectivity index (χ2v) is 6.79. The molecule has 3 rings (SSSR count). The van der Waals surface area contributed by atoms with Gasteiger partial charge >= 0.3 is 0 Å². The molecule has 0 fully saturated rings. The van der Waals surface area contributed by atoms with Crippen LogP contribution in [0, 0.1) is 0 Å². The summed E-state index contributed by atoms with van der Waals surface area (Å²) in [6, 6.07) is 13.6. The van der Waals surface area contributed by atoms with Crippen LogP contribution >= 0.6 is 43.5 Å². The zero-order valence-electron chi connectivity index (χ0n) is 10.7. The molecule has 0 saturated heterocycles. The maximum absolute atomic E-state index is 6.12. The van der Waals surface area contributed by atoms with Crippen LogP contribution in [0.1, 0.15) is 0 Å². The Hall–Kier alpha value is -1.30. The lowest BCUT2D eigenvalue weighted by atomic mass is 10.0. The van der Waals surface area contributed by atoms with E-state index < -0.39 is 0 Å². The van der Waals surface area contributed by atoms with Crippen molar-refractivity contribution in [2.45, 2.75) is 0 Å². The standard InChI is InChI=1S/C15H10Br2ClN3/c16-10-3-1-8(2-4-10)13-14(20-21-15(13)19)9-5-11(17)7-12(18)6-9/h1-7H,(H3,19,20,21). The molecule has 3 aromatic rings.